The molecule has 0 bridgehead atoms. The zero-order chi connectivity index (χ0) is 22.2. The molecule has 5 heteroatoms. The maximum absolute atomic E-state index is 9.99. The Kier molecular flexibility index (Phi) is 5.22. The van der Waals surface area contributed by atoms with Crippen molar-refractivity contribution in [1.82, 2.24) is 9.38 Å². The highest BCUT2D eigenvalue weighted by Gasteiger charge is 2.26. The van der Waals surface area contributed by atoms with Gasteiger partial charge in [-0.05, 0) is 55.7 Å². The Hall–Kier alpha value is -3.52. The lowest BCUT2D eigenvalue weighted by molar-refractivity contribution is 0.641. The lowest BCUT2D eigenvalue weighted by Crippen LogP contribution is -2.47. The largest absolute Gasteiger partial charge is 0.368 e. The molecule has 2 aromatic heterocycles. The number of pyridine rings is 1. The van der Waals surface area contributed by atoms with E-state index < -0.39 is 0 Å². The molecule has 1 aliphatic heterocycles. The Bertz CT molecular complexity index is 1320. The third kappa shape index (κ3) is 3.27. The van der Waals surface area contributed by atoms with Crippen LogP contribution in [0.1, 0.15) is 35.6 Å². The summed E-state index contributed by atoms with van der Waals surface area (Å²) in [4.78, 5) is 9.85. The van der Waals surface area contributed by atoms with E-state index in [0.29, 0.717) is 5.56 Å². The first-order valence-corrected chi connectivity index (χ1v) is 11.5. The van der Waals surface area contributed by atoms with Crippen LogP contribution >= 0.6 is 0 Å². The summed E-state index contributed by atoms with van der Waals surface area (Å²) >= 11 is 0. The SMILES string of the molecule is CCCc1c(C)c(C#N)c2nc3ccccc3n2c1N1CCN(c2ccc(C)cc2)CC1. The maximum atomic E-state index is 9.99. The molecule has 0 aliphatic carbocycles. The normalized spacial score (nSPS) is 14.3. The summed E-state index contributed by atoms with van der Waals surface area (Å²) in [5.41, 5.74) is 8.44. The Balaban J connectivity index is 1.62. The van der Waals surface area contributed by atoms with Gasteiger partial charge in [-0.25, -0.2) is 4.98 Å². The molecule has 1 aliphatic rings. The first-order valence-electron chi connectivity index (χ1n) is 11.5. The quantitative estimate of drug-likeness (QED) is 0.449. The van der Waals surface area contributed by atoms with E-state index in [1.807, 2.05) is 12.1 Å². The van der Waals surface area contributed by atoms with Crippen molar-refractivity contribution in [3.8, 4) is 6.07 Å². The van der Waals surface area contributed by atoms with E-state index in [4.69, 9.17) is 4.98 Å². The molecular formula is C27H29N5. The summed E-state index contributed by atoms with van der Waals surface area (Å²) in [5.74, 6) is 1.22. The van der Waals surface area contributed by atoms with Crippen LogP contribution in [0, 0.1) is 25.2 Å². The molecule has 32 heavy (non-hydrogen) atoms. The van der Waals surface area contributed by atoms with Crippen molar-refractivity contribution in [3.63, 3.8) is 0 Å². The molecule has 162 valence electrons. The molecule has 1 saturated heterocycles. The molecule has 0 amide bonds. The summed E-state index contributed by atoms with van der Waals surface area (Å²) in [5, 5.41) is 9.99. The molecule has 5 rings (SSSR count). The van der Waals surface area contributed by atoms with Crippen LogP contribution in [-0.4, -0.2) is 35.6 Å². The molecule has 0 saturated carbocycles. The smallest absolute Gasteiger partial charge is 0.157 e. The summed E-state index contributed by atoms with van der Waals surface area (Å²) in [6.45, 7) is 10.3. The van der Waals surface area contributed by atoms with Crippen LogP contribution in [0.4, 0.5) is 11.5 Å². The van der Waals surface area contributed by atoms with Crippen molar-refractivity contribution in [3.05, 3.63) is 70.8 Å². The average Bonchev–Trinajstić information content (AvgIpc) is 3.19. The highest BCUT2D eigenvalue weighted by Crippen LogP contribution is 2.34. The molecule has 5 nitrogen and oxygen atoms in total. The first kappa shape index (κ1) is 20.4. The average molecular weight is 424 g/mol. The lowest BCUT2D eigenvalue weighted by Gasteiger charge is -2.39. The van der Waals surface area contributed by atoms with Crippen molar-refractivity contribution in [2.45, 2.75) is 33.6 Å². The van der Waals surface area contributed by atoms with E-state index in [0.717, 1.165) is 61.3 Å². The fourth-order valence-corrected chi connectivity index (χ4v) is 4.98. The summed E-state index contributed by atoms with van der Waals surface area (Å²) in [6.07, 6.45) is 2.00. The van der Waals surface area contributed by atoms with Crippen LogP contribution in [0.5, 0.6) is 0 Å². The third-order valence-corrected chi connectivity index (χ3v) is 6.68. The molecule has 0 unspecified atom stereocenters. The second-order valence-electron chi connectivity index (χ2n) is 8.73. The van der Waals surface area contributed by atoms with Gasteiger partial charge in [-0.1, -0.05) is 43.2 Å². The molecule has 3 heterocycles. The van der Waals surface area contributed by atoms with Gasteiger partial charge in [0.2, 0.25) is 0 Å². The number of nitrogens with zero attached hydrogens (tertiary/aromatic N) is 5. The fourth-order valence-electron chi connectivity index (χ4n) is 4.98. The molecular weight excluding hydrogens is 394 g/mol. The molecule has 1 fully saturated rings. The van der Waals surface area contributed by atoms with Crippen molar-refractivity contribution in [2.75, 3.05) is 36.0 Å². The lowest BCUT2D eigenvalue weighted by atomic mass is 10.00. The number of imidazole rings is 1. The zero-order valence-electron chi connectivity index (χ0n) is 19.1. The minimum absolute atomic E-state index is 0.701. The van der Waals surface area contributed by atoms with Gasteiger partial charge in [-0.3, -0.25) is 4.40 Å². The van der Waals surface area contributed by atoms with Gasteiger partial charge in [0.05, 0.1) is 16.6 Å². The number of fused-ring (bicyclic) bond motifs is 3. The van der Waals surface area contributed by atoms with Gasteiger partial charge < -0.3 is 9.80 Å². The number of benzene rings is 2. The number of aryl methyl sites for hydroxylation is 1. The monoisotopic (exact) mass is 423 g/mol. The van der Waals surface area contributed by atoms with Gasteiger partial charge in [-0.15, -0.1) is 0 Å². The Labute approximate surface area is 189 Å². The van der Waals surface area contributed by atoms with Gasteiger partial charge >= 0.3 is 0 Å². The van der Waals surface area contributed by atoms with Gasteiger partial charge in [0.1, 0.15) is 11.9 Å². The minimum Gasteiger partial charge on any atom is -0.368 e. The van der Waals surface area contributed by atoms with Crippen molar-refractivity contribution >= 4 is 28.2 Å². The standard InChI is InChI=1S/C27H29N5/c1-4-7-22-20(3)23(18-28)26-29-24-8-5-6-9-25(24)32(26)27(22)31-16-14-30(15-17-31)21-12-10-19(2)11-13-21/h5-6,8-13H,4,7,14-17H2,1-3H3. The van der Waals surface area contributed by atoms with E-state index in [9.17, 15) is 5.26 Å². The van der Waals surface area contributed by atoms with Crippen molar-refractivity contribution in [1.29, 1.82) is 5.26 Å². The van der Waals surface area contributed by atoms with Crippen LogP contribution in [0.2, 0.25) is 0 Å². The minimum atomic E-state index is 0.701. The van der Waals surface area contributed by atoms with E-state index >= 15 is 0 Å². The van der Waals surface area contributed by atoms with E-state index in [1.54, 1.807) is 0 Å². The number of nitriles is 1. The van der Waals surface area contributed by atoms with Crippen molar-refractivity contribution < 1.29 is 0 Å². The molecule has 0 N–H and O–H groups in total. The number of hydrogen-bond donors (Lipinski definition) is 0. The van der Waals surface area contributed by atoms with E-state index in [1.165, 1.54) is 22.6 Å². The highest BCUT2D eigenvalue weighted by molar-refractivity contribution is 5.86. The van der Waals surface area contributed by atoms with E-state index in [-0.39, 0.29) is 0 Å². The predicted octanol–water partition coefficient (Wildman–Crippen LogP) is 5.26. The van der Waals surface area contributed by atoms with Crippen molar-refractivity contribution in [2.24, 2.45) is 0 Å². The number of hydrogen-bond acceptors (Lipinski definition) is 4. The van der Waals surface area contributed by atoms with Crippen LogP contribution in [-0.2, 0) is 6.42 Å². The van der Waals surface area contributed by atoms with Gasteiger partial charge in [0.15, 0.2) is 5.65 Å². The Morgan fingerprint density at radius 1 is 0.938 bits per heavy atom. The number of para-hydroxylation sites is 2. The molecule has 0 spiro atoms. The maximum Gasteiger partial charge on any atom is 0.157 e. The Morgan fingerprint density at radius 2 is 1.62 bits per heavy atom. The second-order valence-corrected chi connectivity index (χ2v) is 8.73. The fraction of sp³-hybridized carbons (Fsp3) is 0.333. The zero-order valence-corrected chi connectivity index (χ0v) is 19.1. The van der Waals surface area contributed by atoms with Crippen LogP contribution < -0.4 is 9.80 Å². The van der Waals surface area contributed by atoms with Crippen LogP contribution in [0.15, 0.2) is 48.5 Å². The summed E-state index contributed by atoms with van der Waals surface area (Å²) in [6, 6.07) is 19.5. The highest BCUT2D eigenvalue weighted by atomic mass is 15.3. The van der Waals surface area contributed by atoms with Crippen LogP contribution in [0.25, 0.3) is 16.7 Å². The molecule has 0 atom stereocenters. The van der Waals surface area contributed by atoms with Gasteiger partial charge in [0.25, 0.3) is 0 Å². The second kappa shape index (κ2) is 8.20. The number of rotatable bonds is 4. The molecule has 2 aromatic carbocycles. The van der Waals surface area contributed by atoms with Gasteiger partial charge in [-0.2, -0.15) is 5.26 Å². The Morgan fingerprint density at radius 3 is 2.31 bits per heavy atom. The first-order chi connectivity index (χ1) is 15.6. The van der Waals surface area contributed by atoms with Crippen LogP contribution in [0.3, 0.4) is 0 Å². The van der Waals surface area contributed by atoms with Gasteiger partial charge in [0, 0.05) is 31.9 Å². The van der Waals surface area contributed by atoms with E-state index in [2.05, 4.69) is 77.4 Å². The number of anilines is 2. The number of piperazine rings is 1. The third-order valence-electron chi connectivity index (χ3n) is 6.68. The number of aromatic nitrogens is 2. The molecule has 0 radical (unpaired) electrons. The molecule has 4 aromatic rings. The topological polar surface area (TPSA) is 47.6 Å². The predicted molar refractivity (Wildman–Crippen MR) is 132 cm³/mol. The summed E-state index contributed by atoms with van der Waals surface area (Å²) < 4.78 is 2.24. The summed E-state index contributed by atoms with van der Waals surface area (Å²) in [7, 11) is 0.